The van der Waals surface area contributed by atoms with Crippen LogP contribution in [0.4, 0.5) is 13.2 Å². The summed E-state index contributed by atoms with van der Waals surface area (Å²) < 4.78 is 37.6. The molecule has 0 radical (unpaired) electrons. The van der Waals surface area contributed by atoms with Gasteiger partial charge in [0.25, 0.3) is 5.91 Å². The van der Waals surface area contributed by atoms with E-state index in [0.29, 0.717) is 19.0 Å². The molecule has 1 aromatic carbocycles. The SMILES string of the molecule is CNCCC1CCN(C(=O)CNC(=O)c2ccc(C(F)(F)F)cc2)CC1.Cl. The van der Waals surface area contributed by atoms with Crippen LogP contribution in [0.25, 0.3) is 0 Å². The maximum absolute atomic E-state index is 12.5. The van der Waals surface area contributed by atoms with Gasteiger partial charge in [-0.25, -0.2) is 0 Å². The highest BCUT2D eigenvalue weighted by Gasteiger charge is 2.30. The van der Waals surface area contributed by atoms with Crippen LogP contribution in [0.15, 0.2) is 24.3 Å². The van der Waals surface area contributed by atoms with E-state index in [1.807, 2.05) is 7.05 Å². The number of alkyl halides is 3. The minimum atomic E-state index is -4.44. The molecule has 2 amide bonds. The standard InChI is InChI=1S/C18H24F3N3O2.ClH/c1-22-9-6-13-7-10-24(11-8-13)16(25)12-23-17(26)14-2-4-15(5-3-14)18(19,20)21;/h2-5,13,22H,6-12H2,1H3,(H,23,26);1H. The molecule has 1 saturated heterocycles. The third-order valence-corrected chi connectivity index (χ3v) is 4.64. The fraction of sp³-hybridized carbons (Fsp3) is 0.556. The lowest BCUT2D eigenvalue weighted by Gasteiger charge is -2.32. The number of nitrogens with zero attached hydrogens (tertiary/aromatic N) is 1. The molecule has 0 spiro atoms. The van der Waals surface area contributed by atoms with Crippen LogP contribution in [0.5, 0.6) is 0 Å². The van der Waals surface area contributed by atoms with Gasteiger partial charge in [0.1, 0.15) is 0 Å². The van der Waals surface area contributed by atoms with Gasteiger partial charge in [-0.3, -0.25) is 9.59 Å². The Bertz CT molecular complexity index is 615. The second-order valence-corrected chi connectivity index (χ2v) is 6.47. The average Bonchev–Trinajstić information content (AvgIpc) is 2.64. The van der Waals surface area contributed by atoms with Crippen LogP contribution >= 0.6 is 12.4 Å². The number of halogens is 4. The number of amides is 2. The summed E-state index contributed by atoms with van der Waals surface area (Å²) in [5, 5.41) is 5.60. The molecule has 27 heavy (non-hydrogen) atoms. The summed E-state index contributed by atoms with van der Waals surface area (Å²) in [6, 6.07) is 3.92. The van der Waals surface area contributed by atoms with Gasteiger partial charge in [-0.2, -0.15) is 13.2 Å². The van der Waals surface area contributed by atoms with Crippen LogP contribution in [0, 0.1) is 5.92 Å². The minimum absolute atomic E-state index is 0. The van der Waals surface area contributed by atoms with E-state index in [9.17, 15) is 22.8 Å². The molecule has 1 aliphatic rings. The third kappa shape index (κ3) is 7.03. The molecule has 1 aliphatic heterocycles. The smallest absolute Gasteiger partial charge is 0.343 e. The summed E-state index contributed by atoms with van der Waals surface area (Å²) in [6.07, 6.45) is -1.46. The predicted molar refractivity (Wildman–Crippen MR) is 98.9 cm³/mol. The number of benzene rings is 1. The van der Waals surface area contributed by atoms with E-state index in [1.165, 1.54) is 0 Å². The number of carbonyl (C=O) groups is 2. The zero-order valence-electron chi connectivity index (χ0n) is 15.1. The Morgan fingerprint density at radius 3 is 2.26 bits per heavy atom. The molecule has 152 valence electrons. The Kier molecular flexibility index (Phi) is 9.05. The lowest BCUT2D eigenvalue weighted by molar-refractivity contribution is -0.137. The van der Waals surface area contributed by atoms with Crippen molar-refractivity contribution in [2.75, 3.05) is 33.2 Å². The zero-order valence-corrected chi connectivity index (χ0v) is 16.0. The van der Waals surface area contributed by atoms with Crippen LogP contribution in [-0.4, -0.2) is 49.9 Å². The molecule has 5 nitrogen and oxygen atoms in total. The molecule has 9 heteroatoms. The molecule has 0 aliphatic carbocycles. The summed E-state index contributed by atoms with van der Waals surface area (Å²) in [7, 11) is 1.91. The number of carbonyl (C=O) groups excluding carboxylic acids is 2. The van der Waals surface area contributed by atoms with Crippen molar-refractivity contribution in [3.63, 3.8) is 0 Å². The van der Waals surface area contributed by atoms with Crippen molar-refractivity contribution in [2.24, 2.45) is 5.92 Å². The fourth-order valence-corrected chi connectivity index (χ4v) is 3.00. The molecule has 0 atom stereocenters. The molecule has 0 bridgehead atoms. The van der Waals surface area contributed by atoms with E-state index in [1.54, 1.807) is 4.90 Å². The Balaban J connectivity index is 0.00000364. The molecule has 1 heterocycles. The van der Waals surface area contributed by atoms with Crippen LogP contribution in [0.2, 0.25) is 0 Å². The van der Waals surface area contributed by atoms with Gasteiger partial charge in [-0.1, -0.05) is 0 Å². The summed E-state index contributed by atoms with van der Waals surface area (Å²) in [5.41, 5.74) is -0.720. The first-order valence-corrected chi connectivity index (χ1v) is 8.69. The molecular formula is C18H25ClF3N3O2. The summed E-state index contributed by atoms with van der Waals surface area (Å²) in [6.45, 7) is 2.15. The van der Waals surface area contributed by atoms with Gasteiger partial charge in [-0.05, 0) is 63.0 Å². The molecule has 1 fully saturated rings. The first kappa shape index (κ1) is 23.2. The van der Waals surface area contributed by atoms with Gasteiger partial charge in [0, 0.05) is 18.7 Å². The maximum atomic E-state index is 12.5. The van der Waals surface area contributed by atoms with Crippen molar-refractivity contribution in [1.29, 1.82) is 0 Å². The molecule has 0 saturated carbocycles. The van der Waals surface area contributed by atoms with Gasteiger partial charge in [0.15, 0.2) is 0 Å². The topological polar surface area (TPSA) is 61.4 Å². The van der Waals surface area contributed by atoms with Crippen molar-refractivity contribution in [1.82, 2.24) is 15.5 Å². The minimum Gasteiger partial charge on any atom is -0.343 e. The highest BCUT2D eigenvalue weighted by Crippen LogP contribution is 2.29. The van der Waals surface area contributed by atoms with Gasteiger partial charge in [-0.15, -0.1) is 12.4 Å². The molecular weight excluding hydrogens is 383 g/mol. The van der Waals surface area contributed by atoms with Gasteiger partial charge in [0.2, 0.25) is 5.91 Å². The highest BCUT2D eigenvalue weighted by molar-refractivity contribution is 5.96. The van der Waals surface area contributed by atoms with Crippen LogP contribution < -0.4 is 10.6 Å². The zero-order chi connectivity index (χ0) is 19.2. The van der Waals surface area contributed by atoms with E-state index in [-0.39, 0.29) is 30.4 Å². The molecule has 2 rings (SSSR count). The second kappa shape index (κ2) is 10.5. The van der Waals surface area contributed by atoms with Crippen LogP contribution in [0.3, 0.4) is 0 Å². The van der Waals surface area contributed by atoms with E-state index in [0.717, 1.165) is 50.1 Å². The normalized spacial score (nSPS) is 15.2. The number of likely N-dealkylation sites (tertiary alicyclic amines) is 1. The van der Waals surface area contributed by atoms with E-state index in [2.05, 4.69) is 10.6 Å². The fourth-order valence-electron chi connectivity index (χ4n) is 3.00. The van der Waals surface area contributed by atoms with Gasteiger partial charge < -0.3 is 15.5 Å². The van der Waals surface area contributed by atoms with Crippen LogP contribution in [0.1, 0.15) is 35.2 Å². The lowest BCUT2D eigenvalue weighted by Crippen LogP contribution is -2.44. The van der Waals surface area contributed by atoms with E-state index >= 15 is 0 Å². The van der Waals surface area contributed by atoms with Crippen molar-refractivity contribution in [3.05, 3.63) is 35.4 Å². The number of hydrogen-bond acceptors (Lipinski definition) is 3. The monoisotopic (exact) mass is 407 g/mol. The number of rotatable bonds is 6. The molecule has 0 unspecified atom stereocenters. The number of piperidine rings is 1. The van der Waals surface area contributed by atoms with E-state index in [4.69, 9.17) is 0 Å². The van der Waals surface area contributed by atoms with Crippen molar-refractivity contribution in [3.8, 4) is 0 Å². The average molecular weight is 408 g/mol. The third-order valence-electron chi connectivity index (χ3n) is 4.64. The predicted octanol–water partition coefficient (Wildman–Crippen LogP) is 2.71. The van der Waals surface area contributed by atoms with Crippen molar-refractivity contribution < 1.29 is 22.8 Å². The second-order valence-electron chi connectivity index (χ2n) is 6.47. The van der Waals surface area contributed by atoms with Crippen LogP contribution in [-0.2, 0) is 11.0 Å². The Morgan fingerprint density at radius 1 is 1.15 bits per heavy atom. The van der Waals surface area contributed by atoms with Gasteiger partial charge >= 0.3 is 6.18 Å². The van der Waals surface area contributed by atoms with E-state index < -0.39 is 17.6 Å². The Hall–Kier alpha value is -1.80. The lowest BCUT2D eigenvalue weighted by atomic mass is 9.93. The maximum Gasteiger partial charge on any atom is 0.416 e. The highest BCUT2D eigenvalue weighted by atomic mass is 35.5. The number of hydrogen-bond donors (Lipinski definition) is 2. The largest absolute Gasteiger partial charge is 0.416 e. The van der Waals surface area contributed by atoms with Crippen molar-refractivity contribution >= 4 is 24.2 Å². The first-order valence-electron chi connectivity index (χ1n) is 8.69. The summed E-state index contributed by atoms with van der Waals surface area (Å²) >= 11 is 0. The Morgan fingerprint density at radius 2 is 1.74 bits per heavy atom. The quantitative estimate of drug-likeness (QED) is 0.762. The number of nitrogens with one attached hydrogen (secondary N) is 2. The summed E-state index contributed by atoms with van der Waals surface area (Å²) in [5.74, 6) is -0.124. The molecule has 0 aromatic heterocycles. The molecule has 2 N–H and O–H groups in total. The summed E-state index contributed by atoms with van der Waals surface area (Å²) in [4.78, 5) is 25.9. The van der Waals surface area contributed by atoms with Crippen molar-refractivity contribution in [2.45, 2.75) is 25.4 Å². The Labute approximate surface area is 163 Å². The van der Waals surface area contributed by atoms with Gasteiger partial charge in [0.05, 0.1) is 12.1 Å². The molecule has 1 aromatic rings. The first-order chi connectivity index (χ1) is 12.3.